The summed E-state index contributed by atoms with van der Waals surface area (Å²) in [6.45, 7) is 4.49. The number of aryl methyl sites for hydroxylation is 2. The predicted octanol–water partition coefficient (Wildman–Crippen LogP) is 0.422. The van der Waals surface area contributed by atoms with Crippen LogP contribution in [0, 0.1) is 19.8 Å². The maximum atomic E-state index is 12.0. The number of likely N-dealkylation sites (tertiary alicyclic amines) is 1. The van der Waals surface area contributed by atoms with E-state index in [1.807, 2.05) is 13.8 Å². The molecular weight excluding hydrogens is 292 g/mol. The van der Waals surface area contributed by atoms with Crippen LogP contribution in [0.2, 0.25) is 0 Å². The summed E-state index contributed by atoms with van der Waals surface area (Å²) in [5, 5.41) is 2.95. The predicted molar refractivity (Wildman–Crippen MR) is 78.7 cm³/mol. The standard InChI is InChI=1S/C13H18N4O3S/c1-7-8(2)21-13(15-7)16-11(19)12(20)17-5-3-9(4-6-17)10(14)18/h9H,3-6H2,1-2H3,(H2,14,18)(H,15,16,19). The molecule has 8 heteroatoms. The summed E-state index contributed by atoms with van der Waals surface area (Å²) in [7, 11) is 0. The van der Waals surface area contributed by atoms with Gasteiger partial charge in [0.05, 0.1) is 5.69 Å². The molecule has 3 amide bonds. The van der Waals surface area contributed by atoms with Gasteiger partial charge in [-0.2, -0.15) is 0 Å². The quantitative estimate of drug-likeness (QED) is 0.772. The molecule has 3 N–H and O–H groups in total. The Morgan fingerprint density at radius 3 is 2.38 bits per heavy atom. The summed E-state index contributed by atoms with van der Waals surface area (Å²) in [5.74, 6) is -1.84. The van der Waals surface area contributed by atoms with E-state index in [0.29, 0.717) is 31.1 Å². The van der Waals surface area contributed by atoms with Crippen LogP contribution in [0.25, 0.3) is 0 Å². The Labute approximate surface area is 126 Å². The molecule has 0 bridgehead atoms. The van der Waals surface area contributed by atoms with Gasteiger partial charge in [-0.3, -0.25) is 19.7 Å². The van der Waals surface area contributed by atoms with Gasteiger partial charge in [-0.05, 0) is 26.7 Å². The zero-order chi connectivity index (χ0) is 15.6. The number of thiazole rings is 1. The molecular formula is C13H18N4O3S. The van der Waals surface area contributed by atoms with Gasteiger partial charge in [0, 0.05) is 23.9 Å². The van der Waals surface area contributed by atoms with Gasteiger partial charge < -0.3 is 10.6 Å². The second kappa shape index (κ2) is 6.21. The third-order valence-electron chi connectivity index (χ3n) is 3.63. The Bertz CT molecular complexity index is 556. The second-order valence-electron chi connectivity index (χ2n) is 5.08. The monoisotopic (exact) mass is 310 g/mol. The lowest BCUT2D eigenvalue weighted by atomic mass is 9.96. The lowest BCUT2D eigenvalue weighted by molar-refractivity contribution is -0.144. The van der Waals surface area contributed by atoms with Crippen molar-refractivity contribution in [3.63, 3.8) is 0 Å². The van der Waals surface area contributed by atoms with Crippen LogP contribution in [0.15, 0.2) is 0 Å². The molecule has 114 valence electrons. The minimum absolute atomic E-state index is 0.207. The number of rotatable bonds is 2. The molecule has 1 aliphatic rings. The fourth-order valence-electron chi connectivity index (χ4n) is 2.19. The van der Waals surface area contributed by atoms with Crippen LogP contribution < -0.4 is 11.1 Å². The number of carbonyl (C=O) groups excluding carboxylic acids is 3. The molecule has 0 atom stereocenters. The minimum atomic E-state index is -0.693. The number of primary amides is 1. The van der Waals surface area contributed by atoms with E-state index in [0.717, 1.165) is 10.6 Å². The molecule has 0 aromatic carbocycles. The zero-order valence-electron chi connectivity index (χ0n) is 12.0. The van der Waals surface area contributed by atoms with E-state index in [1.165, 1.54) is 16.2 Å². The van der Waals surface area contributed by atoms with Crippen LogP contribution in [0.1, 0.15) is 23.4 Å². The molecule has 0 spiro atoms. The first kappa shape index (κ1) is 15.4. The van der Waals surface area contributed by atoms with Gasteiger partial charge >= 0.3 is 11.8 Å². The highest BCUT2D eigenvalue weighted by Crippen LogP contribution is 2.21. The second-order valence-corrected chi connectivity index (χ2v) is 6.29. The minimum Gasteiger partial charge on any atom is -0.369 e. The van der Waals surface area contributed by atoms with Crippen molar-refractivity contribution in [3.8, 4) is 0 Å². The van der Waals surface area contributed by atoms with Crippen LogP contribution >= 0.6 is 11.3 Å². The molecule has 1 aromatic rings. The number of hydrogen-bond acceptors (Lipinski definition) is 5. The number of hydrogen-bond donors (Lipinski definition) is 2. The molecule has 0 radical (unpaired) electrons. The fourth-order valence-corrected chi connectivity index (χ4v) is 3.00. The Balaban J connectivity index is 1.91. The maximum absolute atomic E-state index is 12.0. The maximum Gasteiger partial charge on any atom is 0.315 e. The molecule has 7 nitrogen and oxygen atoms in total. The number of piperidine rings is 1. The molecule has 1 aromatic heterocycles. The molecule has 0 saturated carbocycles. The van der Waals surface area contributed by atoms with E-state index < -0.39 is 11.8 Å². The zero-order valence-corrected chi connectivity index (χ0v) is 12.8. The van der Waals surface area contributed by atoms with E-state index in [9.17, 15) is 14.4 Å². The van der Waals surface area contributed by atoms with Crippen molar-refractivity contribution in [1.29, 1.82) is 0 Å². The van der Waals surface area contributed by atoms with Crippen molar-refractivity contribution in [2.75, 3.05) is 18.4 Å². The van der Waals surface area contributed by atoms with Gasteiger partial charge in [0.25, 0.3) is 0 Å². The van der Waals surface area contributed by atoms with E-state index in [4.69, 9.17) is 5.73 Å². The highest BCUT2D eigenvalue weighted by Gasteiger charge is 2.29. The van der Waals surface area contributed by atoms with Gasteiger partial charge in [0.2, 0.25) is 5.91 Å². The number of nitrogens with zero attached hydrogens (tertiary/aromatic N) is 2. The van der Waals surface area contributed by atoms with Crippen LogP contribution in [-0.2, 0) is 14.4 Å². The first-order chi connectivity index (χ1) is 9.88. The van der Waals surface area contributed by atoms with Crippen LogP contribution in [0.3, 0.4) is 0 Å². The summed E-state index contributed by atoms with van der Waals surface area (Å²) in [6.07, 6.45) is 1.01. The molecule has 2 heterocycles. The third-order valence-corrected chi connectivity index (χ3v) is 4.62. The van der Waals surface area contributed by atoms with Gasteiger partial charge in [-0.25, -0.2) is 4.98 Å². The molecule has 2 rings (SSSR count). The summed E-state index contributed by atoms with van der Waals surface area (Å²) >= 11 is 1.34. The first-order valence-electron chi connectivity index (χ1n) is 6.72. The molecule has 0 unspecified atom stereocenters. The van der Waals surface area contributed by atoms with E-state index in [1.54, 1.807) is 0 Å². The average Bonchev–Trinajstić information content (AvgIpc) is 2.76. The number of carbonyl (C=O) groups is 3. The Hall–Kier alpha value is -1.96. The van der Waals surface area contributed by atoms with Gasteiger partial charge in [0.15, 0.2) is 5.13 Å². The fraction of sp³-hybridized carbons (Fsp3) is 0.538. The average molecular weight is 310 g/mol. The first-order valence-corrected chi connectivity index (χ1v) is 7.53. The van der Waals surface area contributed by atoms with Gasteiger partial charge in [-0.1, -0.05) is 0 Å². The summed E-state index contributed by atoms with van der Waals surface area (Å²) < 4.78 is 0. The number of anilines is 1. The van der Waals surface area contributed by atoms with Crippen LogP contribution in [-0.4, -0.2) is 40.7 Å². The van der Waals surface area contributed by atoms with Gasteiger partial charge in [-0.15, -0.1) is 11.3 Å². The third kappa shape index (κ3) is 3.57. The van der Waals surface area contributed by atoms with E-state index in [2.05, 4.69) is 10.3 Å². The lowest BCUT2D eigenvalue weighted by Gasteiger charge is -2.29. The normalized spacial score (nSPS) is 15.8. The van der Waals surface area contributed by atoms with Gasteiger partial charge in [0.1, 0.15) is 0 Å². The van der Waals surface area contributed by atoms with Crippen molar-refractivity contribution in [3.05, 3.63) is 10.6 Å². The van der Waals surface area contributed by atoms with E-state index >= 15 is 0 Å². The molecule has 1 fully saturated rings. The largest absolute Gasteiger partial charge is 0.369 e. The number of amides is 3. The van der Waals surface area contributed by atoms with E-state index in [-0.39, 0.29) is 11.8 Å². The lowest BCUT2D eigenvalue weighted by Crippen LogP contribution is -2.46. The molecule has 1 saturated heterocycles. The highest BCUT2D eigenvalue weighted by molar-refractivity contribution is 7.15. The Kier molecular flexibility index (Phi) is 4.56. The van der Waals surface area contributed by atoms with Crippen LogP contribution in [0.4, 0.5) is 5.13 Å². The summed E-state index contributed by atoms with van der Waals surface area (Å²) in [6, 6.07) is 0. The topological polar surface area (TPSA) is 105 Å². The molecule has 1 aliphatic heterocycles. The van der Waals surface area contributed by atoms with Crippen molar-refractivity contribution >= 4 is 34.2 Å². The van der Waals surface area contributed by atoms with Crippen molar-refractivity contribution in [2.24, 2.45) is 11.7 Å². The Morgan fingerprint density at radius 1 is 1.29 bits per heavy atom. The molecule has 0 aliphatic carbocycles. The number of aromatic nitrogens is 1. The number of nitrogens with two attached hydrogens (primary N) is 1. The smallest absolute Gasteiger partial charge is 0.315 e. The van der Waals surface area contributed by atoms with Crippen molar-refractivity contribution in [2.45, 2.75) is 26.7 Å². The van der Waals surface area contributed by atoms with Crippen molar-refractivity contribution in [1.82, 2.24) is 9.88 Å². The number of nitrogens with one attached hydrogen (secondary N) is 1. The van der Waals surface area contributed by atoms with Crippen LogP contribution in [0.5, 0.6) is 0 Å². The molecule has 21 heavy (non-hydrogen) atoms. The summed E-state index contributed by atoms with van der Waals surface area (Å²) in [5.41, 5.74) is 6.08. The Morgan fingerprint density at radius 2 is 1.90 bits per heavy atom. The van der Waals surface area contributed by atoms with Crippen molar-refractivity contribution < 1.29 is 14.4 Å². The summed E-state index contributed by atoms with van der Waals surface area (Å²) in [4.78, 5) is 41.7. The highest BCUT2D eigenvalue weighted by atomic mass is 32.1. The SMILES string of the molecule is Cc1nc(NC(=O)C(=O)N2CCC(C(N)=O)CC2)sc1C.